The number of nitrogens with one attached hydrogen (secondary N) is 1. The average molecular weight is 240 g/mol. The molecule has 0 saturated heterocycles. The van der Waals surface area contributed by atoms with Gasteiger partial charge in [0.25, 0.3) is 0 Å². The van der Waals surface area contributed by atoms with E-state index in [0.717, 1.165) is 0 Å². The number of nitrogens with two attached hydrogens (primary N) is 1. The summed E-state index contributed by atoms with van der Waals surface area (Å²) in [6.07, 6.45) is 0. The molecule has 1 rings (SSSR count). The number of hydrogen-bond donors (Lipinski definition) is 2. The van der Waals surface area contributed by atoms with Crippen molar-refractivity contribution in [3.8, 4) is 6.07 Å². The number of primary sulfonamides is 1. The molecule has 0 unspecified atom stereocenters. The molecule has 0 aromatic carbocycles. The smallest absolute Gasteiger partial charge is 0.210 e. The van der Waals surface area contributed by atoms with Crippen LogP contribution in [-0.2, 0) is 10.0 Å². The van der Waals surface area contributed by atoms with Crippen molar-refractivity contribution in [1.82, 2.24) is 4.98 Å². The minimum Gasteiger partial charge on any atom is -0.369 e. The second kappa shape index (κ2) is 4.92. The van der Waals surface area contributed by atoms with E-state index in [4.69, 9.17) is 10.4 Å². The molecule has 0 fully saturated rings. The Morgan fingerprint density at radius 2 is 2.25 bits per heavy atom. The first-order valence-electron chi connectivity index (χ1n) is 4.54. The average Bonchev–Trinajstić information content (AvgIpc) is 2.14. The van der Waals surface area contributed by atoms with Crippen LogP contribution in [0.5, 0.6) is 0 Å². The first-order chi connectivity index (χ1) is 7.40. The topological polar surface area (TPSA) is 109 Å². The Balaban J connectivity index is 2.68. The number of nitriles is 1. The third kappa shape index (κ3) is 4.25. The van der Waals surface area contributed by atoms with Gasteiger partial charge in [-0.2, -0.15) is 5.26 Å². The molecule has 0 saturated carbocycles. The molecule has 0 radical (unpaired) electrons. The molecule has 7 heteroatoms. The summed E-state index contributed by atoms with van der Waals surface area (Å²) in [7, 11) is -3.48. The monoisotopic (exact) mass is 240 g/mol. The summed E-state index contributed by atoms with van der Waals surface area (Å²) in [6.45, 7) is 1.92. The Morgan fingerprint density at radius 1 is 1.56 bits per heavy atom. The third-order valence-electron chi connectivity index (χ3n) is 1.78. The summed E-state index contributed by atoms with van der Waals surface area (Å²) in [4.78, 5) is 4.10. The van der Waals surface area contributed by atoms with E-state index in [1.165, 1.54) is 0 Å². The fourth-order valence-electron chi connectivity index (χ4n) is 1.15. The van der Waals surface area contributed by atoms with Crippen LogP contribution in [0.2, 0.25) is 0 Å². The number of aryl methyl sites for hydroxylation is 1. The van der Waals surface area contributed by atoms with Crippen molar-refractivity contribution in [2.24, 2.45) is 5.14 Å². The van der Waals surface area contributed by atoms with Gasteiger partial charge in [0, 0.05) is 12.2 Å². The summed E-state index contributed by atoms with van der Waals surface area (Å²) in [5, 5.41) is 16.4. The van der Waals surface area contributed by atoms with Gasteiger partial charge in [0.1, 0.15) is 5.82 Å². The molecular weight excluding hydrogens is 228 g/mol. The molecule has 1 heterocycles. The van der Waals surface area contributed by atoms with Crippen LogP contribution in [0.4, 0.5) is 5.82 Å². The van der Waals surface area contributed by atoms with Gasteiger partial charge in [0.15, 0.2) is 0 Å². The highest BCUT2D eigenvalue weighted by Crippen LogP contribution is 2.08. The van der Waals surface area contributed by atoms with Crippen LogP contribution in [0.3, 0.4) is 0 Å². The van der Waals surface area contributed by atoms with Crippen molar-refractivity contribution in [3.05, 3.63) is 23.4 Å². The molecule has 0 aliphatic carbocycles. The molecule has 1 aromatic heterocycles. The maximum atomic E-state index is 10.7. The van der Waals surface area contributed by atoms with Crippen molar-refractivity contribution in [2.45, 2.75) is 6.92 Å². The molecule has 3 N–H and O–H groups in total. The van der Waals surface area contributed by atoms with E-state index in [2.05, 4.69) is 10.3 Å². The Bertz CT molecular complexity index is 519. The second-order valence-corrected chi connectivity index (χ2v) is 5.02. The lowest BCUT2D eigenvalue weighted by Gasteiger charge is -2.05. The predicted molar refractivity (Wildman–Crippen MR) is 60.2 cm³/mol. The first kappa shape index (κ1) is 12.4. The van der Waals surface area contributed by atoms with Crippen LogP contribution in [0.1, 0.15) is 11.3 Å². The summed E-state index contributed by atoms with van der Waals surface area (Å²) in [5.41, 5.74) is 1.17. The normalized spacial score (nSPS) is 10.8. The Hall–Kier alpha value is -1.65. The van der Waals surface area contributed by atoms with Crippen LogP contribution in [-0.4, -0.2) is 25.7 Å². The minimum absolute atomic E-state index is 0.167. The van der Waals surface area contributed by atoms with Gasteiger partial charge in [0.2, 0.25) is 10.0 Å². The number of pyridine rings is 1. The van der Waals surface area contributed by atoms with E-state index >= 15 is 0 Å². The number of sulfonamides is 1. The Morgan fingerprint density at radius 3 is 2.81 bits per heavy atom. The van der Waals surface area contributed by atoms with Crippen molar-refractivity contribution in [3.63, 3.8) is 0 Å². The van der Waals surface area contributed by atoms with Gasteiger partial charge >= 0.3 is 0 Å². The number of rotatable bonds is 4. The van der Waals surface area contributed by atoms with E-state index in [1.54, 1.807) is 19.1 Å². The van der Waals surface area contributed by atoms with Gasteiger partial charge in [-0.25, -0.2) is 18.5 Å². The zero-order valence-electron chi connectivity index (χ0n) is 8.77. The second-order valence-electron chi connectivity index (χ2n) is 3.29. The van der Waals surface area contributed by atoms with E-state index in [1.807, 2.05) is 6.07 Å². The summed E-state index contributed by atoms with van der Waals surface area (Å²) >= 11 is 0. The molecule has 0 aliphatic rings. The molecule has 0 spiro atoms. The fourth-order valence-corrected chi connectivity index (χ4v) is 1.53. The predicted octanol–water partition coefficient (Wildman–Crippen LogP) is -0.0379. The highest BCUT2D eigenvalue weighted by Gasteiger charge is 2.03. The summed E-state index contributed by atoms with van der Waals surface area (Å²) in [5.74, 6) is 0.296. The van der Waals surface area contributed by atoms with Gasteiger partial charge < -0.3 is 5.32 Å². The lowest BCUT2D eigenvalue weighted by molar-refractivity contribution is 0.598. The van der Waals surface area contributed by atoms with Crippen LogP contribution in [0.25, 0.3) is 0 Å². The molecule has 86 valence electrons. The number of hydrogen-bond acceptors (Lipinski definition) is 5. The molecule has 0 bridgehead atoms. The number of anilines is 1. The van der Waals surface area contributed by atoms with Gasteiger partial charge in [-0.3, -0.25) is 0 Å². The van der Waals surface area contributed by atoms with Crippen LogP contribution in [0.15, 0.2) is 12.1 Å². The maximum absolute atomic E-state index is 10.7. The molecule has 6 nitrogen and oxygen atoms in total. The molecule has 0 atom stereocenters. The van der Waals surface area contributed by atoms with E-state index in [0.29, 0.717) is 17.1 Å². The summed E-state index contributed by atoms with van der Waals surface area (Å²) < 4.78 is 21.4. The zero-order chi connectivity index (χ0) is 12.2. The quantitative estimate of drug-likeness (QED) is 0.767. The standard InChI is InChI=1S/C9H12N4O2S/c1-7-4-8(6-10)5-9(13-7)12-2-3-16(11,14)15/h4-5H,2-3H2,1H3,(H,12,13)(H2,11,14,15). The van der Waals surface area contributed by atoms with Crippen molar-refractivity contribution in [2.75, 3.05) is 17.6 Å². The Kier molecular flexibility index (Phi) is 3.82. The SMILES string of the molecule is Cc1cc(C#N)cc(NCCS(N)(=O)=O)n1. The fraction of sp³-hybridized carbons (Fsp3) is 0.333. The molecule has 1 aromatic rings. The number of nitrogens with zero attached hydrogens (tertiary/aromatic N) is 2. The van der Waals surface area contributed by atoms with Gasteiger partial charge in [0.05, 0.1) is 17.4 Å². The van der Waals surface area contributed by atoms with Crippen molar-refractivity contribution < 1.29 is 8.42 Å². The van der Waals surface area contributed by atoms with Gasteiger partial charge in [-0.1, -0.05) is 0 Å². The van der Waals surface area contributed by atoms with Gasteiger partial charge in [-0.15, -0.1) is 0 Å². The Labute approximate surface area is 94.2 Å². The van der Waals surface area contributed by atoms with Gasteiger partial charge in [-0.05, 0) is 19.1 Å². The van der Waals surface area contributed by atoms with E-state index in [9.17, 15) is 8.42 Å². The van der Waals surface area contributed by atoms with Crippen LogP contribution in [0, 0.1) is 18.3 Å². The molecule has 16 heavy (non-hydrogen) atoms. The highest BCUT2D eigenvalue weighted by atomic mass is 32.2. The van der Waals surface area contributed by atoms with Crippen molar-refractivity contribution in [1.29, 1.82) is 5.26 Å². The third-order valence-corrected chi connectivity index (χ3v) is 2.55. The lowest BCUT2D eigenvalue weighted by Crippen LogP contribution is -2.22. The van der Waals surface area contributed by atoms with Crippen molar-refractivity contribution >= 4 is 15.8 Å². The van der Waals surface area contributed by atoms with Crippen LogP contribution >= 0.6 is 0 Å². The van der Waals surface area contributed by atoms with E-state index < -0.39 is 10.0 Å². The molecule has 0 aliphatic heterocycles. The maximum Gasteiger partial charge on any atom is 0.210 e. The molecule has 0 amide bonds. The molecular formula is C9H12N4O2S. The zero-order valence-corrected chi connectivity index (χ0v) is 9.58. The lowest BCUT2D eigenvalue weighted by atomic mass is 10.2. The summed E-state index contributed by atoms with van der Waals surface area (Å²) in [6, 6.07) is 5.19. The minimum atomic E-state index is -3.48. The van der Waals surface area contributed by atoms with E-state index in [-0.39, 0.29) is 12.3 Å². The first-order valence-corrected chi connectivity index (χ1v) is 6.25. The number of aromatic nitrogens is 1. The van der Waals surface area contributed by atoms with Crippen LogP contribution < -0.4 is 10.5 Å². The highest BCUT2D eigenvalue weighted by molar-refractivity contribution is 7.89. The largest absolute Gasteiger partial charge is 0.369 e.